The monoisotopic (exact) mass is 580 g/mol. The zero-order valence-electron chi connectivity index (χ0n) is 24.0. The number of aldehydes is 1. The van der Waals surface area contributed by atoms with Gasteiger partial charge in [-0.2, -0.15) is 0 Å². The first-order valence-electron chi connectivity index (χ1n) is 15.0. The molecule has 5 N–H and O–H groups in total. The Bertz CT molecular complexity index is 1100. The maximum absolute atomic E-state index is 13.1. The smallest absolute Gasteiger partial charge is 0.331 e. The number of aliphatic hydroxyl groups is 5. The second kappa shape index (κ2) is 10.1. The third-order valence-corrected chi connectivity index (χ3v) is 12.2. The molecule has 41 heavy (non-hydrogen) atoms. The van der Waals surface area contributed by atoms with E-state index in [4.69, 9.17) is 18.9 Å². The predicted molar refractivity (Wildman–Crippen MR) is 141 cm³/mol. The molecule has 0 aromatic rings. The number of ether oxygens (including phenoxy) is 4. The third-order valence-electron chi connectivity index (χ3n) is 12.2. The molecule has 0 aromatic heterocycles. The summed E-state index contributed by atoms with van der Waals surface area (Å²) < 4.78 is 22.3. The number of carbonyl (C=O) groups is 2. The number of methoxy groups -OCH3 is 1. The van der Waals surface area contributed by atoms with E-state index in [2.05, 4.69) is 0 Å². The topological polar surface area (TPSA) is 172 Å². The molecule has 4 saturated carbocycles. The number of rotatable bonds is 5. The van der Waals surface area contributed by atoms with E-state index in [0.29, 0.717) is 25.7 Å². The van der Waals surface area contributed by atoms with Gasteiger partial charge in [-0.3, -0.25) is 0 Å². The zero-order valence-corrected chi connectivity index (χ0v) is 24.0. The largest absolute Gasteiger partial charge is 0.458 e. The number of hydrogen-bond acceptors (Lipinski definition) is 11. The van der Waals surface area contributed by atoms with Crippen LogP contribution in [0.25, 0.3) is 0 Å². The predicted octanol–water partition coefficient (Wildman–Crippen LogP) is 0.375. The SMILES string of the molecule is COC1C(O)C(C)OC(O[C@H]2CC[C@]3(C=O)C4C(CC[C@]3(O)C2)[C@@]2(O)CCC(C3=CC(=O)OC3)[C@@]2(C)C[C@H]4O)C1O. The van der Waals surface area contributed by atoms with Crippen molar-refractivity contribution in [3.8, 4) is 0 Å². The summed E-state index contributed by atoms with van der Waals surface area (Å²) in [7, 11) is 1.39. The third kappa shape index (κ3) is 4.07. The van der Waals surface area contributed by atoms with E-state index >= 15 is 0 Å². The first kappa shape index (κ1) is 29.6. The average molecular weight is 581 g/mol. The fourth-order valence-electron chi connectivity index (χ4n) is 10.1. The molecule has 230 valence electrons. The lowest BCUT2D eigenvalue weighted by atomic mass is 9.41. The summed E-state index contributed by atoms with van der Waals surface area (Å²) in [6.45, 7) is 3.84. The first-order chi connectivity index (χ1) is 19.3. The summed E-state index contributed by atoms with van der Waals surface area (Å²) in [5.74, 6) is -1.55. The number of carbonyl (C=O) groups excluding carboxylic acids is 2. The van der Waals surface area contributed by atoms with E-state index in [1.165, 1.54) is 13.2 Å². The van der Waals surface area contributed by atoms with Crippen LogP contribution in [0.4, 0.5) is 0 Å². The molecule has 2 heterocycles. The molecule has 11 nitrogen and oxygen atoms in total. The van der Waals surface area contributed by atoms with Gasteiger partial charge in [0.2, 0.25) is 0 Å². The molecule has 11 heteroatoms. The van der Waals surface area contributed by atoms with Crippen LogP contribution in [0, 0.1) is 28.6 Å². The van der Waals surface area contributed by atoms with Crippen LogP contribution < -0.4 is 0 Å². The highest BCUT2D eigenvalue weighted by atomic mass is 16.7. The second-order valence-electron chi connectivity index (χ2n) is 13.8. The van der Waals surface area contributed by atoms with Crippen LogP contribution in [0.1, 0.15) is 65.2 Å². The lowest BCUT2D eigenvalue weighted by molar-refractivity contribution is -0.322. The molecule has 2 aliphatic heterocycles. The number of esters is 1. The van der Waals surface area contributed by atoms with Crippen molar-refractivity contribution < 1.29 is 54.1 Å². The Labute approximate surface area is 239 Å². The van der Waals surface area contributed by atoms with Gasteiger partial charge in [-0.05, 0) is 69.3 Å². The van der Waals surface area contributed by atoms with Crippen LogP contribution in [-0.2, 0) is 28.5 Å². The summed E-state index contributed by atoms with van der Waals surface area (Å²) in [5, 5.41) is 57.3. The normalized spacial score (nSPS) is 54.9. The van der Waals surface area contributed by atoms with Gasteiger partial charge in [0, 0.05) is 30.9 Å². The standard InChI is InChI=1S/C30H44O11/c1-15-23(34)25(38-3)24(35)26(40-15)41-17-4-7-28(14-31)22-19(5-8-29(28,36)11-17)30(37)9-6-18(16-10-21(33)39-13-16)27(30,2)12-20(22)32/h10,14-15,17-20,22-26,32,34-37H,4-9,11-13H2,1-3H3/t15?,17-,18?,19?,20+,22?,23?,24?,25?,26?,27+,28-,29-,30-/m0/s1. The van der Waals surface area contributed by atoms with Gasteiger partial charge in [0.1, 0.15) is 31.2 Å². The van der Waals surface area contributed by atoms with Crippen molar-refractivity contribution in [1.82, 2.24) is 0 Å². The lowest BCUT2D eigenvalue weighted by Gasteiger charge is -2.66. The van der Waals surface area contributed by atoms with Crippen molar-refractivity contribution in [2.24, 2.45) is 28.6 Å². The molecule has 6 aliphatic rings. The van der Waals surface area contributed by atoms with Gasteiger partial charge in [-0.25, -0.2) is 4.79 Å². The van der Waals surface area contributed by atoms with Gasteiger partial charge in [0.25, 0.3) is 0 Å². The number of fused-ring (bicyclic) bond motifs is 5. The van der Waals surface area contributed by atoms with Gasteiger partial charge < -0.3 is 49.3 Å². The van der Waals surface area contributed by atoms with Crippen LogP contribution in [0.5, 0.6) is 0 Å². The highest BCUT2D eigenvalue weighted by Gasteiger charge is 2.73. The minimum Gasteiger partial charge on any atom is -0.458 e. The van der Waals surface area contributed by atoms with Gasteiger partial charge in [-0.1, -0.05) is 6.92 Å². The molecule has 6 rings (SSSR count). The van der Waals surface area contributed by atoms with E-state index in [1.807, 2.05) is 6.92 Å². The molecule has 4 aliphatic carbocycles. The van der Waals surface area contributed by atoms with Crippen LogP contribution >= 0.6 is 0 Å². The Morgan fingerprint density at radius 3 is 2.46 bits per heavy atom. The summed E-state index contributed by atoms with van der Waals surface area (Å²) in [4.78, 5) is 24.9. The van der Waals surface area contributed by atoms with Gasteiger partial charge in [0.15, 0.2) is 6.29 Å². The molecule has 14 atom stereocenters. The Hall–Kier alpha value is -1.44. The Kier molecular flexibility index (Phi) is 7.26. The second-order valence-corrected chi connectivity index (χ2v) is 13.8. The van der Waals surface area contributed by atoms with E-state index < -0.39 is 76.8 Å². The molecule has 0 spiro atoms. The Morgan fingerprint density at radius 1 is 1.05 bits per heavy atom. The van der Waals surface area contributed by atoms with E-state index in [9.17, 15) is 35.1 Å². The van der Waals surface area contributed by atoms with E-state index in [-0.39, 0.29) is 44.2 Å². The molecule has 5 fully saturated rings. The quantitative estimate of drug-likeness (QED) is 0.173. The molecule has 1 saturated heterocycles. The maximum Gasteiger partial charge on any atom is 0.331 e. The molecule has 0 amide bonds. The number of hydrogen-bond donors (Lipinski definition) is 5. The fourth-order valence-corrected chi connectivity index (χ4v) is 10.1. The highest BCUT2D eigenvalue weighted by molar-refractivity contribution is 5.85. The average Bonchev–Trinajstić information content (AvgIpc) is 3.46. The minimum absolute atomic E-state index is 0.105. The fraction of sp³-hybridized carbons (Fsp3) is 0.867. The van der Waals surface area contributed by atoms with Crippen LogP contribution in [-0.4, -0.2) is 106 Å². The molecule has 0 radical (unpaired) electrons. The van der Waals surface area contributed by atoms with Gasteiger partial charge >= 0.3 is 5.97 Å². The van der Waals surface area contributed by atoms with Crippen molar-refractivity contribution in [1.29, 1.82) is 0 Å². The highest BCUT2D eigenvalue weighted by Crippen LogP contribution is 2.70. The van der Waals surface area contributed by atoms with Crippen LogP contribution in [0.2, 0.25) is 0 Å². The van der Waals surface area contributed by atoms with E-state index in [0.717, 1.165) is 11.9 Å². The summed E-state index contributed by atoms with van der Waals surface area (Å²) in [6.07, 6.45) is -1.28. The van der Waals surface area contributed by atoms with Crippen molar-refractivity contribution >= 4 is 12.3 Å². The summed E-state index contributed by atoms with van der Waals surface area (Å²) >= 11 is 0. The summed E-state index contributed by atoms with van der Waals surface area (Å²) in [5.41, 5.74) is -3.80. The molecular weight excluding hydrogens is 536 g/mol. The first-order valence-corrected chi connectivity index (χ1v) is 15.0. The molecular formula is C30H44O11. The van der Waals surface area contributed by atoms with Gasteiger partial charge in [-0.15, -0.1) is 0 Å². The Balaban J connectivity index is 1.25. The molecule has 0 aromatic carbocycles. The minimum atomic E-state index is -1.48. The zero-order chi connectivity index (χ0) is 29.5. The maximum atomic E-state index is 13.1. The van der Waals surface area contributed by atoms with Crippen molar-refractivity contribution in [2.45, 2.75) is 119 Å². The van der Waals surface area contributed by atoms with Crippen molar-refractivity contribution in [3.05, 3.63) is 11.6 Å². The van der Waals surface area contributed by atoms with Gasteiger partial charge in [0.05, 0.1) is 34.9 Å². The van der Waals surface area contributed by atoms with Crippen molar-refractivity contribution in [3.63, 3.8) is 0 Å². The van der Waals surface area contributed by atoms with Crippen LogP contribution in [0.3, 0.4) is 0 Å². The molecule has 8 unspecified atom stereocenters. The van der Waals surface area contributed by atoms with Crippen molar-refractivity contribution in [2.75, 3.05) is 13.7 Å². The lowest BCUT2D eigenvalue weighted by Crippen LogP contribution is -2.72. The Morgan fingerprint density at radius 2 is 1.80 bits per heavy atom. The molecule has 0 bridgehead atoms. The number of aliphatic hydroxyl groups excluding tert-OH is 3. The van der Waals surface area contributed by atoms with E-state index in [1.54, 1.807) is 6.92 Å². The van der Waals surface area contributed by atoms with Crippen LogP contribution in [0.15, 0.2) is 11.6 Å². The number of cyclic esters (lactones) is 1. The summed E-state index contributed by atoms with van der Waals surface area (Å²) in [6, 6.07) is 0.